The number of nitrogens with two attached hydrogens (primary N) is 1. The number of rotatable bonds is 3. The molecule has 0 unspecified atom stereocenters. The topological polar surface area (TPSA) is 26.0 Å². The van der Waals surface area contributed by atoms with Gasteiger partial charge in [0.15, 0.2) is 0 Å². The molecule has 0 aliphatic heterocycles. The molecule has 0 spiro atoms. The average molecular weight is 596 g/mol. The maximum Gasteiger partial charge on any atom is 0.0394 e. The summed E-state index contributed by atoms with van der Waals surface area (Å²) < 4.78 is 0. The monoisotopic (exact) mass is 595 g/mol. The fourth-order valence-corrected chi connectivity index (χ4v) is 8.15. The van der Waals surface area contributed by atoms with Crippen LogP contribution in [-0.2, 0) is 0 Å². The van der Waals surface area contributed by atoms with Gasteiger partial charge in [-0.2, -0.15) is 0 Å². The maximum absolute atomic E-state index is 6.42. The quantitative estimate of drug-likeness (QED) is 0.123. The van der Waals surface area contributed by atoms with Crippen molar-refractivity contribution in [2.24, 2.45) is 0 Å². The van der Waals surface area contributed by atoms with Gasteiger partial charge in [-0.05, 0) is 98.7 Å². The number of nitrogen functional groups attached to an aromatic ring is 1. The van der Waals surface area contributed by atoms with E-state index in [1.54, 1.807) is 0 Å². The van der Waals surface area contributed by atoms with Crippen LogP contribution >= 0.6 is 0 Å². The van der Waals surface area contributed by atoms with Gasteiger partial charge in [0, 0.05) is 11.1 Å². The lowest BCUT2D eigenvalue weighted by Crippen LogP contribution is -1.93. The molecule has 0 saturated carbocycles. The molecule has 0 bridgehead atoms. The molecule has 0 aromatic heterocycles. The highest BCUT2D eigenvalue weighted by Crippen LogP contribution is 2.47. The first-order valence-corrected chi connectivity index (χ1v) is 16.2. The van der Waals surface area contributed by atoms with Crippen molar-refractivity contribution >= 4 is 70.3 Å². The van der Waals surface area contributed by atoms with Gasteiger partial charge in [-0.1, -0.05) is 158 Å². The number of anilines is 1. The summed E-state index contributed by atoms with van der Waals surface area (Å²) in [5, 5.41) is 15.2. The summed E-state index contributed by atoms with van der Waals surface area (Å²) in [6.45, 7) is 0. The van der Waals surface area contributed by atoms with Crippen LogP contribution in [0.4, 0.5) is 5.69 Å². The van der Waals surface area contributed by atoms with Crippen molar-refractivity contribution < 1.29 is 0 Å². The highest BCUT2D eigenvalue weighted by molar-refractivity contribution is 6.35. The Morgan fingerprint density at radius 3 is 1.30 bits per heavy atom. The predicted octanol–water partition coefficient (Wildman–Crippen LogP) is 12.6. The van der Waals surface area contributed by atoms with Gasteiger partial charge in [0.2, 0.25) is 0 Å². The summed E-state index contributed by atoms with van der Waals surface area (Å²) in [5.74, 6) is 0. The van der Waals surface area contributed by atoms with Crippen LogP contribution in [-0.4, -0.2) is 0 Å². The third-order valence-corrected chi connectivity index (χ3v) is 10.2. The molecule has 1 heteroatoms. The fraction of sp³-hybridized carbons (Fsp3) is 0. The van der Waals surface area contributed by atoms with Gasteiger partial charge in [-0.15, -0.1) is 0 Å². The van der Waals surface area contributed by atoms with E-state index in [2.05, 4.69) is 158 Å². The van der Waals surface area contributed by atoms with Gasteiger partial charge in [0.1, 0.15) is 0 Å². The molecule has 0 aliphatic carbocycles. The van der Waals surface area contributed by atoms with Crippen LogP contribution in [0.25, 0.3) is 98.0 Å². The lowest BCUT2D eigenvalue weighted by Gasteiger charge is -2.20. The predicted molar refractivity (Wildman–Crippen MR) is 203 cm³/mol. The molecular formula is C46H29N. The molecule has 1 nitrogen and oxygen atoms in total. The third-order valence-electron chi connectivity index (χ3n) is 10.2. The molecule has 218 valence electrons. The van der Waals surface area contributed by atoms with E-state index in [9.17, 15) is 0 Å². The van der Waals surface area contributed by atoms with Gasteiger partial charge in [0.25, 0.3) is 0 Å². The molecule has 0 heterocycles. The summed E-state index contributed by atoms with van der Waals surface area (Å²) in [4.78, 5) is 0. The molecule has 10 aromatic carbocycles. The van der Waals surface area contributed by atoms with E-state index in [0.717, 1.165) is 11.1 Å². The van der Waals surface area contributed by atoms with Gasteiger partial charge in [-0.25, -0.2) is 0 Å². The van der Waals surface area contributed by atoms with Crippen molar-refractivity contribution in [1.29, 1.82) is 0 Å². The molecule has 0 atom stereocenters. The van der Waals surface area contributed by atoms with Crippen molar-refractivity contribution in [3.05, 3.63) is 164 Å². The summed E-state index contributed by atoms with van der Waals surface area (Å²) in [6.07, 6.45) is 0. The highest BCUT2D eigenvalue weighted by Gasteiger charge is 2.19. The summed E-state index contributed by atoms with van der Waals surface area (Å²) in [6, 6.07) is 59.8. The number of hydrogen-bond acceptors (Lipinski definition) is 1. The Bertz CT molecular complexity index is 2830. The zero-order valence-corrected chi connectivity index (χ0v) is 25.7. The number of benzene rings is 10. The van der Waals surface area contributed by atoms with E-state index in [0.29, 0.717) is 0 Å². The first-order chi connectivity index (χ1) is 23.3. The fourth-order valence-electron chi connectivity index (χ4n) is 8.15. The van der Waals surface area contributed by atoms with Crippen LogP contribution in [0.2, 0.25) is 0 Å². The van der Waals surface area contributed by atoms with Crippen molar-refractivity contribution in [2.75, 3.05) is 5.73 Å². The summed E-state index contributed by atoms with van der Waals surface area (Å²) in [7, 11) is 0. The zero-order valence-electron chi connectivity index (χ0n) is 25.7. The van der Waals surface area contributed by atoms with Crippen LogP contribution in [0.5, 0.6) is 0 Å². The smallest absolute Gasteiger partial charge is 0.0394 e. The Labute approximate surface area is 272 Å². The molecule has 10 rings (SSSR count). The van der Waals surface area contributed by atoms with E-state index < -0.39 is 0 Å². The number of fused-ring (bicyclic) bond motifs is 4. The summed E-state index contributed by atoms with van der Waals surface area (Å²) >= 11 is 0. The normalized spacial score (nSPS) is 11.9. The molecule has 2 N–H and O–H groups in total. The molecular weight excluding hydrogens is 567 g/mol. The third kappa shape index (κ3) is 3.72. The second-order valence-electron chi connectivity index (χ2n) is 12.6. The summed E-state index contributed by atoms with van der Waals surface area (Å²) in [5.41, 5.74) is 14.6. The van der Waals surface area contributed by atoms with E-state index in [1.807, 2.05) is 6.07 Å². The Balaban J connectivity index is 1.26. The van der Waals surface area contributed by atoms with E-state index >= 15 is 0 Å². The first kappa shape index (κ1) is 26.1. The Morgan fingerprint density at radius 2 is 0.617 bits per heavy atom. The van der Waals surface area contributed by atoms with Crippen LogP contribution < -0.4 is 5.73 Å². The molecule has 10 aromatic rings. The van der Waals surface area contributed by atoms with Crippen LogP contribution in [0.1, 0.15) is 0 Å². The van der Waals surface area contributed by atoms with E-state index in [4.69, 9.17) is 5.73 Å². The van der Waals surface area contributed by atoms with Crippen LogP contribution in [0, 0.1) is 0 Å². The molecule has 47 heavy (non-hydrogen) atoms. The van der Waals surface area contributed by atoms with Crippen LogP contribution in [0.15, 0.2) is 164 Å². The van der Waals surface area contributed by atoms with Crippen molar-refractivity contribution in [3.63, 3.8) is 0 Å². The van der Waals surface area contributed by atoms with Gasteiger partial charge in [-0.3, -0.25) is 0 Å². The maximum atomic E-state index is 6.42. The SMILES string of the molecule is Nc1ccc(-c2ccccc2-c2ccc3c4ccc(-c5cccc6ccccc56)c5cccc(c6cccc2c63)c54)c2ccccc12. The van der Waals surface area contributed by atoms with Crippen molar-refractivity contribution in [1.82, 2.24) is 0 Å². The molecule has 0 fully saturated rings. The van der Waals surface area contributed by atoms with E-state index in [1.165, 1.54) is 92.6 Å². The second-order valence-corrected chi connectivity index (χ2v) is 12.6. The van der Waals surface area contributed by atoms with Gasteiger partial charge >= 0.3 is 0 Å². The highest BCUT2D eigenvalue weighted by atomic mass is 14.5. The molecule has 0 radical (unpaired) electrons. The molecule has 0 aliphatic rings. The lowest BCUT2D eigenvalue weighted by atomic mass is 9.83. The molecule has 0 saturated heterocycles. The van der Waals surface area contributed by atoms with Crippen molar-refractivity contribution in [3.8, 4) is 33.4 Å². The minimum absolute atomic E-state index is 0.805. The Kier molecular flexibility index (Phi) is 5.50. The van der Waals surface area contributed by atoms with Crippen molar-refractivity contribution in [2.45, 2.75) is 0 Å². The van der Waals surface area contributed by atoms with Gasteiger partial charge in [0.05, 0.1) is 0 Å². The second kappa shape index (κ2) is 9.91. The minimum Gasteiger partial charge on any atom is -0.398 e. The molecule has 0 amide bonds. The largest absolute Gasteiger partial charge is 0.398 e. The minimum atomic E-state index is 0.805. The Morgan fingerprint density at radius 1 is 0.234 bits per heavy atom. The number of hydrogen-bond donors (Lipinski definition) is 1. The first-order valence-electron chi connectivity index (χ1n) is 16.2. The Hall–Kier alpha value is -6.18. The lowest BCUT2D eigenvalue weighted by molar-refractivity contribution is 1.62. The average Bonchev–Trinajstić information content (AvgIpc) is 3.13. The van der Waals surface area contributed by atoms with Gasteiger partial charge < -0.3 is 5.73 Å². The standard InChI is InChI=1S/C46H29N/c47-44-27-26-34(33-15-5-6-16-37(33)44)31-13-3-4-14-32(31)36-23-25-43-42-24-22-35(30-17-7-11-28-10-1-2-12-29(28)30)38-18-8-20-40(45(38)42)41-21-9-19-39(36)46(41)43/h1-27H,47H2. The zero-order chi connectivity index (χ0) is 31.1. The van der Waals surface area contributed by atoms with E-state index in [-0.39, 0.29) is 0 Å². The van der Waals surface area contributed by atoms with Crippen LogP contribution in [0.3, 0.4) is 0 Å².